The van der Waals surface area contributed by atoms with E-state index in [2.05, 4.69) is 43.6 Å². The quantitative estimate of drug-likeness (QED) is 0.836. The summed E-state index contributed by atoms with van der Waals surface area (Å²) in [5.41, 5.74) is 3.87. The van der Waals surface area contributed by atoms with E-state index in [1.54, 1.807) is 0 Å². The van der Waals surface area contributed by atoms with Crippen LogP contribution in [0.15, 0.2) is 10.9 Å². The van der Waals surface area contributed by atoms with Gasteiger partial charge in [0.15, 0.2) is 0 Å². The van der Waals surface area contributed by atoms with Crippen LogP contribution in [-0.4, -0.2) is 10.6 Å². The molecule has 3 nitrogen and oxygen atoms in total. The molecule has 0 radical (unpaired) electrons. The lowest BCUT2D eigenvalue weighted by Crippen LogP contribution is -2.32. The van der Waals surface area contributed by atoms with Crippen LogP contribution in [0.2, 0.25) is 0 Å². The SMILES string of the molecule is CCC(C)NCc1cc2c(n(CCC(C)C)c1=O)CCC2. The summed E-state index contributed by atoms with van der Waals surface area (Å²) in [4.78, 5) is 12.8. The van der Waals surface area contributed by atoms with Gasteiger partial charge in [-0.15, -0.1) is 0 Å². The van der Waals surface area contributed by atoms with Gasteiger partial charge in [-0.3, -0.25) is 4.79 Å². The molecule has 0 bridgehead atoms. The van der Waals surface area contributed by atoms with Crippen LogP contribution >= 0.6 is 0 Å². The smallest absolute Gasteiger partial charge is 0.255 e. The Bertz CT molecular complexity index is 531. The van der Waals surface area contributed by atoms with E-state index in [1.807, 2.05) is 0 Å². The van der Waals surface area contributed by atoms with Crippen molar-refractivity contribution >= 4 is 0 Å². The fraction of sp³-hybridized carbons (Fsp3) is 0.722. The largest absolute Gasteiger partial charge is 0.312 e. The Hall–Kier alpha value is -1.09. The monoisotopic (exact) mass is 290 g/mol. The predicted octanol–water partition coefficient (Wildman–Crippen LogP) is 3.27. The van der Waals surface area contributed by atoms with Crippen LogP contribution in [0.3, 0.4) is 0 Å². The first-order valence-electron chi connectivity index (χ1n) is 8.50. The van der Waals surface area contributed by atoms with E-state index in [0.717, 1.165) is 37.8 Å². The molecule has 1 aliphatic carbocycles. The van der Waals surface area contributed by atoms with Crippen molar-refractivity contribution in [2.75, 3.05) is 0 Å². The van der Waals surface area contributed by atoms with Gasteiger partial charge in [-0.2, -0.15) is 0 Å². The molecule has 0 amide bonds. The zero-order valence-corrected chi connectivity index (χ0v) is 14.0. The molecule has 1 aromatic rings. The van der Waals surface area contributed by atoms with Crippen molar-refractivity contribution in [3.05, 3.63) is 33.2 Å². The molecule has 1 aliphatic rings. The Balaban J connectivity index is 2.26. The normalized spacial score (nSPS) is 15.5. The third-order valence-electron chi connectivity index (χ3n) is 4.61. The Labute approximate surface area is 128 Å². The number of nitrogens with zero attached hydrogens (tertiary/aromatic N) is 1. The van der Waals surface area contributed by atoms with Crippen LogP contribution in [-0.2, 0) is 25.9 Å². The van der Waals surface area contributed by atoms with Gasteiger partial charge in [0.05, 0.1) is 0 Å². The predicted molar refractivity (Wildman–Crippen MR) is 88.8 cm³/mol. The summed E-state index contributed by atoms with van der Waals surface area (Å²) in [6.07, 6.45) is 5.56. The molecule has 1 aromatic heterocycles. The lowest BCUT2D eigenvalue weighted by Gasteiger charge is -2.17. The van der Waals surface area contributed by atoms with Gasteiger partial charge in [-0.25, -0.2) is 0 Å². The number of hydrogen-bond donors (Lipinski definition) is 1. The summed E-state index contributed by atoms with van der Waals surface area (Å²) in [7, 11) is 0. The molecule has 0 aliphatic heterocycles. The summed E-state index contributed by atoms with van der Waals surface area (Å²) in [5.74, 6) is 0.635. The van der Waals surface area contributed by atoms with Crippen LogP contribution in [0.25, 0.3) is 0 Å². The molecule has 0 saturated heterocycles. The second-order valence-corrected chi connectivity index (χ2v) is 6.82. The number of fused-ring (bicyclic) bond motifs is 1. The third-order valence-corrected chi connectivity index (χ3v) is 4.61. The van der Waals surface area contributed by atoms with Crippen molar-refractivity contribution in [1.29, 1.82) is 0 Å². The first kappa shape index (κ1) is 16.3. The van der Waals surface area contributed by atoms with Crippen molar-refractivity contribution in [2.45, 2.75) is 78.9 Å². The van der Waals surface area contributed by atoms with Crippen molar-refractivity contribution in [2.24, 2.45) is 5.92 Å². The number of hydrogen-bond acceptors (Lipinski definition) is 2. The summed E-state index contributed by atoms with van der Waals surface area (Å²) < 4.78 is 2.07. The number of aromatic nitrogens is 1. The summed E-state index contributed by atoms with van der Waals surface area (Å²) in [6, 6.07) is 2.62. The molecule has 0 fully saturated rings. The van der Waals surface area contributed by atoms with Gasteiger partial charge < -0.3 is 9.88 Å². The lowest BCUT2D eigenvalue weighted by atomic mass is 10.1. The maximum atomic E-state index is 12.8. The second kappa shape index (κ2) is 7.26. The Morgan fingerprint density at radius 2 is 2.05 bits per heavy atom. The van der Waals surface area contributed by atoms with E-state index in [-0.39, 0.29) is 5.56 Å². The fourth-order valence-corrected chi connectivity index (χ4v) is 2.96. The molecule has 1 atom stereocenters. The minimum absolute atomic E-state index is 0.229. The highest BCUT2D eigenvalue weighted by molar-refractivity contribution is 5.30. The number of pyridine rings is 1. The Kier molecular flexibility index (Phi) is 5.63. The van der Waals surface area contributed by atoms with Crippen molar-refractivity contribution in [1.82, 2.24) is 9.88 Å². The van der Waals surface area contributed by atoms with Gasteiger partial charge in [0.25, 0.3) is 5.56 Å². The minimum Gasteiger partial charge on any atom is -0.312 e. The number of nitrogens with one attached hydrogen (secondary N) is 1. The minimum atomic E-state index is 0.229. The lowest BCUT2D eigenvalue weighted by molar-refractivity contribution is 0.490. The summed E-state index contributed by atoms with van der Waals surface area (Å²) in [5, 5.41) is 3.46. The van der Waals surface area contributed by atoms with Crippen molar-refractivity contribution in [3.8, 4) is 0 Å². The van der Waals surface area contributed by atoms with E-state index in [4.69, 9.17) is 0 Å². The molecule has 0 aromatic carbocycles. The molecular weight excluding hydrogens is 260 g/mol. The van der Waals surface area contributed by atoms with E-state index < -0.39 is 0 Å². The van der Waals surface area contributed by atoms with Crippen LogP contribution in [0.4, 0.5) is 0 Å². The number of aryl methyl sites for hydroxylation is 1. The average Bonchev–Trinajstić information content (AvgIpc) is 2.91. The Morgan fingerprint density at radius 3 is 2.71 bits per heavy atom. The van der Waals surface area contributed by atoms with E-state index >= 15 is 0 Å². The van der Waals surface area contributed by atoms with E-state index in [9.17, 15) is 4.79 Å². The average molecular weight is 290 g/mol. The molecule has 118 valence electrons. The summed E-state index contributed by atoms with van der Waals surface area (Å²) in [6.45, 7) is 10.4. The highest BCUT2D eigenvalue weighted by Gasteiger charge is 2.19. The van der Waals surface area contributed by atoms with Crippen molar-refractivity contribution < 1.29 is 0 Å². The zero-order valence-electron chi connectivity index (χ0n) is 14.0. The Morgan fingerprint density at radius 1 is 1.29 bits per heavy atom. The highest BCUT2D eigenvalue weighted by Crippen LogP contribution is 2.22. The van der Waals surface area contributed by atoms with Crippen LogP contribution < -0.4 is 10.9 Å². The molecule has 1 N–H and O–H groups in total. The van der Waals surface area contributed by atoms with Gasteiger partial charge in [0, 0.05) is 30.4 Å². The maximum Gasteiger partial charge on any atom is 0.255 e. The van der Waals surface area contributed by atoms with E-state index in [0.29, 0.717) is 18.5 Å². The molecule has 0 saturated carbocycles. The maximum absolute atomic E-state index is 12.8. The van der Waals surface area contributed by atoms with E-state index in [1.165, 1.54) is 17.7 Å². The standard InChI is InChI=1S/C18H30N2O/c1-5-14(4)19-12-16-11-15-7-6-8-17(15)20(18(16)21)10-9-13(2)3/h11,13-14,19H,5-10,12H2,1-4H3. The molecular formula is C18H30N2O. The van der Waals surface area contributed by atoms with Gasteiger partial charge in [-0.05, 0) is 56.6 Å². The van der Waals surface area contributed by atoms with Gasteiger partial charge in [0.2, 0.25) is 0 Å². The molecule has 0 spiro atoms. The molecule has 2 rings (SSSR count). The van der Waals surface area contributed by atoms with Gasteiger partial charge in [0.1, 0.15) is 0 Å². The van der Waals surface area contributed by atoms with Crippen LogP contribution in [0.5, 0.6) is 0 Å². The number of rotatable bonds is 7. The molecule has 3 heteroatoms. The van der Waals surface area contributed by atoms with Gasteiger partial charge >= 0.3 is 0 Å². The first-order valence-corrected chi connectivity index (χ1v) is 8.50. The second-order valence-electron chi connectivity index (χ2n) is 6.82. The van der Waals surface area contributed by atoms with Crippen LogP contribution in [0.1, 0.15) is 63.8 Å². The fourth-order valence-electron chi connectivity index (χ4n) is 2.96. The molecule has 21 heavy (non-hydrogen) atoms. The highest BCUT2D eigenvalue weighted by atomic mass is 16.1. The topological polar surface area (TPSA) is 34.0 Å². The molecule has 1 unspecified atom stereocenters. The third kappa shape index (κ3) is 3.97. The summed E-state index contributed by atoms with van der Waals surface area (Å²) >= 11 is 0. The molecule has 1 heterocycles. The first-order chi connectivity index (χ1) is 10.0. The van der Waals surface area contributed by atoms with Crippen molar-refractivity contribution in [3.63, 3.8) is 0 Å². The zero-order chi connectivity index (χ0) is 15.4. The van der Waals surface area contributed by atoms with Crippen LogP contribution in [0, 0.1) is 5.92 Å². The van der Waals surface area contributed by atoms with Gasteiger partial charge in [-0.1, -0.05) is 20.8 Å².